The number of H-pyrrole nitrogens is 1. The van der Waals surface area contributed by atoms with Crippen molar-refractivity contribution in [3.8, 4) is 0 Å². The van der Waals surface area contributed by atoms with E-state index in [-0.39, 0.29) is 5.91 Å². The van der Waals surface area contributed by atoms with E-state index in [1.54, 1.807) is 0 Å². The minimum absolute atomic E-state index is 0.0817. The fourth-order valence-corrected chi connectivity index (χ4v) is 3.06. The second-order valence-corrected chi connectivity index (χ2v) is 6.28. The van der Waals surface area contributed by atoms with Gasteiger partial charge in [-0.3, -0.25) is 10.1 Å². The summed E-state index contributed by atoms with van der Waals surface area (Å²) in [6.07, 6.45) is 2.92. The highest BCUT2D eigenvalue weighted by atomic mass is 32.2. The molecule has 0 aliphatic rings. The summed E-state index contributed by atoms with van der Waals surface area (Å²) in [5.74, 6) is 0.394. The van der Waals surface area contributed by atoms with Gasteiger partial charge in [0.05, 0.1) is 11.0 Å². The number of fused-ring (bicyclic) bond motifs is 1. The lowest BCUT2D eigenvalue weighted by molar-refractivity contribution is -0.116. The topological polar surface area (TPSA) is 83.6 Å². The van der Waals surface area contributed by atoms with Gasteiger partial charge in [-0.15, -0.1) is 0 Å². The number of nitrogens with one attached hydrogen (secondary N) is 2. The van der Waals surface area contributed by atoms with E-state index < -0.39 is 0 Å². The van der Waals surface area contributed by atoms with Gasteiger partial charge in [0.25, 0.3) is 0 Å². The van der Waals surface area contributed by atoms with E-state index in [0.29, 0.717) is 18.8 Å². The Balaban J connectivity index is 1.65. The monoisotopic (exact) mass is 341 g/mol. The number of para-hydroxylation sites is 2. The summed E-state index contributed by atoms with van der Waals surface area (Å²) in [6, 6.07) is 7.67. The molecule has 2 aromatic heterocycles. The number of aryl methyl sites for hydroxylation is 2. The quantitative estimate of drug-likeness (QED) is 0.550. The Morgan fingerprint density at radius 1 is 1.17 bits per heavy atom. The molecule has 0 saturated carbocycles. The molecule has 0 atom stereocenters. The second kappa shape index (κ2) is 7.00. The van der Waals surface area contributed by atoms with Crippen molar-refractivity contribution in [3.63, 3.8) is 0 Å². The number of imidazole rings is 1. The number of anilines is 1. The van der Waals surface area contributed by atoms with E-state index in [1.165, 1.54) is 11.8 Å². The number of carbonyl (C=O) groups is 1. The van der Waals surface area contributed by atoms with E-state index in [2.05, 4.69) is 25.3 Å². The Labute approximate surface area is 144 Å². The Morgan fingerprint density at radius 3 is 2.54 bits per heavy atom. The standard InChI is InChI=1S/C17H19N5OS/c1-10-12(11(2)19-17(18-10)24-3)8-9-15(23)22-16-20-13-6-4-5-7-14(13)21-16/h4-7H,8-9H2,1-3H3,(H2,20,21,22,23). The van der Waals surface area contributed by atoms with Crippen molar-refractivity contribution in [1.82, 2.24) is 19.9 Å². The van der Waals surface area contributed by atoms with Crippen LogP contribution < -0.4 is 5.32 Å². The van der Waals surface area contributed by atoms with E-state index in [9.17, 15) is 4.79 Å². The van der Waals surface area contributed by atoms with Crippen molar-refractivity contribution in [1.29, 1.82) is 0 Å². The molecule has 0 radical (unpaired) electrons. The van der Waals surface area contributed by atoms with Crippen LogP contribution in [0.2, 0.25) is 0 Å². The first kappa shape index (κ1) is 16.4. The Morgan fingerprint density at radius 2 is 1.88 bits per heavy atom. The van der Waals surface area contributed by atoms with Crippen LogP contribution in [0.1, 0.15) is 23.4 Å². The van der Waals surface area contributed by atoms with Gasteiger partial charge in [0, 0.05) is 17.8 Å². The fourth-order valence-electron chi connectivity index (χ4n) is 2.61. The summed E-state index contributed by atoms with van der Waals surface area (Å²) < 4.78 is 0. The maximum Gasteiger partial charge on any atom is 0.227 e. The van der Waals surface area contributed by atoms with Gasteiger partial charge in [-0.2, -0.15) is 0 Å². The highest BCUT2D eigenvalue weighted by molar-refractivity contribution is 7.98. The molecule has 0 spiro atoms. The molecule has 0 unspecified atom stereocenters. The van der Waals surface area contributed by atoms with Gasteiger partial charge < -0.3 is 4.98 Å². The first-order valence-electron chi connectivity index (χ1n) is 7.69. The zero-order valence-electron chi connectivity index (χ0n) is 13.9. The Hall–Kier alpha value is -2.41. The van der Waals surface area contributed by atoms with Gasteiger partial charge >= 0.3 is 0 Å². The van der Waals surface area contributed by atoms with Crippen molar-refractivity contribution < 1.29 is 4.79 Å². The number of carbonyl (C=O) groups excluding carboxylic acids is 1. The lowest BCUT2D eigenvalue weighted by atomic mass is 10.1. The number of thioether (sulfide) groups is 1. The van der Waals surface area contributed by atoms with E-state index in [0.717, 1.165) is 33.1 Å². The van der Waals surface area contributed by atoms with Crippen molar-refractivity contribution in [2.24, 2.45) is 0 Å². The summed E-state index contributed by atoms with van der Waals surface area (Å²) in [6.45, 7) is 3.92. The minimum atomic E-state index is -0.0817. The number of hydrogen-bond donors (Lipinski definition) is 2. The lowest BCUT2D eigenvalue weighted by Crippen LogP contribution is -2.14. The van der Waals surface area contributed by atoms with Crippen LogP contribution in [-0.4, -0.2) is 32.1 Å². The maximum absolute atomic E-state index is 12.2. The number of aromatic amines is 1. The maximum atomic E-state index is 12.2. The molecule has 7 heteroatoms. The highest BCUT2D eigenvalue weighted by Crippen LogP contribution is 2.18. The zero-order valence-corrected chi connectivity index (χ0v) is 14.7. The van der Waals surface area contributed by atoms with Gasteiger partial charge in [-0.1, -0.05) is 23.9 Å². The van der Waals surface area contributed by atoms with E-state index >= 15 is 0 Å². The number of aromatic nitrogens is 4. The number of benzene rings is 1. The Bertz CT molecular complexity index is 834. The van der Waals surface area contributed by atoms with Gasteiger partial charge in [0.1, 0.15) is 0 Å². The molecule has 2 heterocycles. The molecule has 3 aromatic rings. The largest absolute Gasteiger partial charge is 0.324 e. The number of nitrogens with zero attached hydrogens (tertiary/aromatic N) is 3. The first-order chi connectivity index (χ1) is 11.6. The number of hydrogen-bond acceptors (Lipinski definition) is 5. The van der Waals surface area contributed by atoms with Crippen molar-refractivity contribution in [2.75, 3.05) is 11.6 Å². The van der Waals surface area contributed by atoms with Gasteiger partial charge in [0.15, 0.2) is 5.16 Å². The zero-order chi connectivity index (χ0) is 17.1. The number of amides is 1. The van der Waals surface area contributed by atoms with Crippen LogP contribution in [0.15, 0.2) is 29.4 Å². The molecule has 24 heavy (non-hydrogen) atoms. The molecule has 0 aliphatic carbocycles. The molecule has 6 nitrogen and oxygen atoms in total. The molecule has 0 saturated heterocycles. The van der Waals surface area contributed by atoms with Crippen LogP contribution in [0.4, 0.5) is 5.95 Å². The summed E-state index contributed by atoms with van der Waals surface area (Å²) in [5, 5.41) is 3.58. The third-order valence-electron chi connectivity index (χ3n) is 3.83. The van der Waals surface area contributed by atoms with Gasteiger partial charge in [-0.25, -0.2) is 15.0 Å². The summed E-state index contributed by atoms with van der Waals surface area (Å²) in [7, 11) is 0. The third kappa shape index (κ3) is 3.56. The predicted octanol–water partition coefficient (Wildman–Crippen LogP) is 3.26. The molecule has 1 aromatic carbocycles. The average molecular weight is 341 g/mol. The van der Waals surface area contributed by atoms with Crippen LogP contribution in [0.5, 0.6) is 0 Å². The molecule has 0 bridgehead atoms. The molecule has 2 N–H and O–H groups in total. The smallest absolute Gasteiger partial charge is 0.227 e. The van der Waals surface area contributed by atoms with Crippen molar-refractivity contribution >= 4 is 34.7 Å². The van der Waals surface area contributed by atoms with Crippen LogP contribution in [-0.2, 0) is 11.2 Å². The molecule has 3 rings (SSSR count). The highest BCUT2D eigenvalue weighted by Gasteiger charge is 2.12. The summed E-state index contributed by atoms with van der Waals surface area (Å²) in [4.78, 5) is 28.5. The molecule has 0 aliphatic heterocycles. The Kier molecular flexibility index (Phi) is 4.80. The average Bonchev–Trinajstić information content (AvgIpc) is 2.95. The first-order valence-corrected chi connectivity index (χ1v) is 8.92. The third-order valence-corrected chi connectivity index (χ3v) is 4.38. The van der Waals surface area contributed by atoms with Gasteiger partial charge in [0.2, 0.25) is 11.9 Å². The van der Waals surface area contributed by atoms with Crippen molar-refractivity contribution in [3.05, 3.63) is 41.2 Å². The van der Waals surface area contributed by atoms with Crippen LogP contribution in [0.3, 0.4) is 0 Å². The molecular formula is C17H19N5OS. The summed E-state index contributed by atoms with van der Waals surface area (Å²) >= 11 is 1.52. The fraction of sp³-hybridized carbons (Fsp3) is 0.294. The SMILES string of the molecule is CSc1nc(C)c(CCC(=O)Nc2nc3ccccc3[nH]2)c(C)n1. The van der Waals surface area contributed by atoms with E-state index in [1.807, 2.05) is 44.4 Å². The minimum Gasteiger partial charge on any atom is -0.324 e. The lowest BCUT2D eigenvalue weighted by Gasteiger charge is -2.09. The molecule has 124 valence electrons. The van der Waals surface area contributed by atoms with Crippen LogP contribution in [0, 0.1) is 13.8 Å². The normalized spacial score (nSPS) is 11.0. The van der Waals surface area contributed by atoms with E-state index in [4.69, 9.17) is 0 Å². The molecular weight excluding hydrogens is 322 g/mol. The van der Waals surface area contributed by atoms with Crippen LogP contribution in [0.25, 0.3) is 11.0 Å². The van der Waals surface area contributed by atoms with Gasteiger partial charge in [-0.05, 0) is 44.2 Å². The van der Waals surface area contributed by atoms with Crippen LogP contribution >= 0.6 is 11.8 Å². The predicted molar refractivity (Wildman–Crippen MR) is 96.3 cm³/mol. The number of rotatable bonds is 5. The summed E-state index contributed by atoms with van der Waals surface area (Å²) in [5.41, 5.74) is 4.64. The molecule has 1 amide bonds. The van der Waals surface area contributed by atoms with Crippen molar-refractivity contribution in [2.45, 2.75) is 31.8 Å². The molecule has 0 fully saturated rings. The second-order valence-electron chi connectivity index (χ2n) is 5.51.